The van der Waals surface area contributed by atoms with E-state index in [1.807, 2.05) is 54.7 Å². The van der Waals surface area contributed by atoms with Crippen molar-refractivity contribution in [2.24, 2.45) is 0 Å². The van der Waals surface area contributed by atoms with Gasteiger partial charge in [0.1, 0.15) is 18.1 Å². The van der Waals surface area contributed by atoms with Crippen molar-refractivity contribution in [2.45, 2.75) is 13.5 Å². The lowest BCUT2D eigenvalue weighted by Gasteiger charge is -2.03. The van der Waals surface area contributed by atoms with Gasteiger partial charge < -0.3 is 4.74 Å². The van der Waals surface area contributed by atoms with Gasteiger partial charge in [-0.15, -0.1) is 5.10 Å². The highest BCUT2D eigenvalue weighted by Crippen LogP contribution is 2.14. The SMILES string of the molecule is Cc1ccccc1-n1cc(COc2ccccc2)nn1. The van der Waals surface area contributed by atoms with Gasteiger partial charge in [-0.25, -0.2) is 4.68 Å². The second-order valence-electron chi connectivity index (χ2n) is 4.54. The fourth-order valence-electron chi connectivity index (χ4n) is 1.98. The third-order valence-electron chi connectivity index (χ3n) is 3.03. The van der Waals surface area contributed by atoms with Gasteiger partial charge in [-0.3, -0.25) is 0 Å². The molecule has 0 aliphatic carbocycles. The molecule has 3 aromatic rings. The second-order valence-corrected chi connectivity index (χ2v) is 4.54. The summed E-state index contributed by atoms with van der Waals surface area (Å²) in [6.07, 6.45) is 1.89. The van der Waals surface area contributed by atoms with E-state index in [1.165, 1.54) is 0 Å². The van der Waals surface area contributed by atoms with E-state index in [1.54, 1.807) is 4.68 Å². The first-order valence-corrected chi connectivity index (χ1v) is 6.48. The predicted molar refractivity (Wildman–Crippen MR) is 76.9 cm³/mol. The largest absolute Gasteiger partial charge is 0.487 e. The van der Waals surface area contributed by atoms with Gasteiger partial charge in [0.05, 0.1) is 11.9 Å². The Labute approximate surface area is 117 Å². The third-order valence-corrected chi connectivity index (χ3v) is 3.03. The van der Waals surface area contributed by atoms with Gasteiger partial charge >= 0.3 is 0 Å². The van der Waals surface area contributed by atoms with Gasteiger partial charge in [0, 0.05) is 0 Å². The van der Waals surface area contributed by atoms with Crippen LogP contribution in [0.5, 0.6) is 5.75 Å². The normalized spacial score (nSPS) is 10.4. The lowest BCUT2D eigenvalue weighted by molar-refractivity contribution is 0.301. The molecule has 0 spiro atoms. The van der Waals surface area contributed by atoms with E-state index in [2.05, 4.69) is 23.3 Å². The summed E-state index contributed by atoms with van der Waals surface area (Å²) in [5.74, 6) is 0.831. The molecule has 0 saturated heterocycles. The van der Waals surface area contributed by atoms with E-state index in [0.29, 0.717) is 6.61 Å². The van der Waals surface area contributed by atoms with Crippen LogP contribution < -0.4 is 4.74 Å². The molecular formula is C16H15N3O. The Morgan fingerprint density at radius 2 is 1.75 bits per heavy atom. The molecule has 0 N–H and O–H groups in total. The number of para-hydroxylation sites is 2. The van der Waals surface area contributed by atoms with E-state index in [0.717, 1.165) is 22.7 Å². The molecule has 3 rings (SSSR count). The molecule has 0 radical (unpaired) electrons. The second kappa shape index (κ2) is 5.57. The number of hydrogen-bond acceptors (Lipinski definition) is 3. The molecule has 2 aromatic carbocycles. The van der Waals surface area contributed by atoms with Crippen molar-refractivity contribution in [3.8, 4) is 11.4 Å². The third kappa shape index (κ3) is 2.69. The zero-order chi connectivity index (χ0) is 13.8. The zero-order valence-electron chi connectivity index (χ0n) is 11.2. The number of aryl methyl sites for hydroxylation is 1. The Hall–Kier alpha value is -2.62. The van der Waals surface area contributed by atoms with E-state index in [9.17, 15) is 0 Å². The summed E-state index contributed by atoms with van der Waals surface area (Å²) >= 11 is 0. The Balaban J connectivity index is 1.73. The monoisotopic (exact) mass is 265 g/mol. The van der Waals surface area contributed by atoms with Crippen molar-refractivity contribution >= 4 is 0 Å². The van der Waals surface area contributed by atoms with Crippen molar-refractivity contribution in [1.82, 2.24) is 15.0 Å². The Morgan fingerprint density at radius 3 is 2.55 bits per heavy atom. The highest BCUT2D eigenvalue weighted by molar-refractivity contribution is 5.38. The van der Waals surface area contributed by atoms with E-state index in [4.69, 9.17) is 4.74 Å². The molecule has 0 amide bonds. The fourth-order valence-corrected chi connectivity index (χ4v) is 1.98. The smallest absolute Gasteiger partial charge is 0.134 e. The van der Waals surface area contributed by atoms with Crippen LogP contribution >= 0.6 is 0 Å². The molecule has 0 aliphatic rings. The van der Waals surface area contributed by atoms with Crippen LogP contribution in [0.2, 0.25) is 0 Å². The fraction of sp³-hybridized carbons (Fsp3) is 0.125. The van der Waals surface area contributed by atoms with Gasteiger partial charge in [-0.2, -0.15) is 0 Å². The average molecular weight is 265 g/mol. The van der Waals surface area contributed by atoms with Gasteiger partial charge in [0.2, 0.25) is 0 Å². The van der Waals surface area contributed by atoms with Crippen molar-refractivity contribution in [1.29, 1.82) is 0 Å². The van der Waals surface area contributed by atoms with Crippen LogP contribution in [0.1, 0.15) is 11.3 Å². The van der Waals surface area contributed by atoms with Crippen LogP contribution in [0.15, 0.2) is 60.8 Å². The first-order chi connectivity index (χ1) is 9.83. The lowest BCUT2D eigenvalue weighted by Crippen LogP contribution is -1.97. The first-order valence-electron chi connectivity index (χ1n) is 6.48. The molecule has 0 atom stereocenters. The summed E-state index contributed by atoms with van der Waals surface area (Å²) in [6, 6.07) is 17.8. The van der Waals surface area contributed by atoms with E-state index < -0.39 is 0 Å². The average Bonchev–Trinajstić information content (AvgIpc) is 2.95. The summed E-state index contributed by atoms with van der Waals surface area (Å²) in [5, 5.41) is 8.28. The molecule has 1 heterocycles. The maximum absolute atomic E-state index is 5.66. The predicted octanol–water partition coefficient (Wildman–Crippen LogP) is 3.15. The number of ether oxygens (including phenoxy) is 1. The summed E-state index contributed by atoms with van der Waals surface area (Å²) < 4.78 is 7.43. The van der Waals surface area contributed by atoms with Crippen molar-refractivity contribution in [3.05, 3.63) is 72.1 Å². The minimum atomic E-state index is 0.413. The molecule has 0 unspecified atom stereocenters. The highest BCUT2D eigenvalue weighted by atomic mass is 16.5. The first kappa shape index (κ1) is 12.4. The quantitative estimate of drug-likeness (QED) is 0.727. The Morgan fingerprint density at radius 1 is 1.00 bits per heavy atom. The summed E-state index contributed by atoms with van der Waals surface area (Å²) in [6.45, 7) is 2.47. The van der Waals surface area contributed by atoms with Gasteiger partial charge in [0.15, 0.2) is 0 Å². The van der Waals surface area contributed by atoms with Crippen LogP contribution in [0.25, 0.3) is 5.69 Å². The summed E-state index contributed by atoms with van der Waals surface area (Å²) in [5.41, 5.74) is 3.00. The Kier molecular flexibility index (Phi) is 3.46. The van der Waals surface area contributed by atoms with Gasteiger partial charge in [-0.05, 0) is 30.7 Å². The van der Waals surface area contributed by atoms with Crippen molar-refractivity contribution in [2.75, 3.05) is 0 Å². The molecule has 100 valence electrons. The van der Waals surface area contributed by atoms with Crippen molar-refractivity contribution < 1.29 is 4.74 Å². The van der Waals surface area contributed by atoms with E-state index >= 15 is 0 Å². The number of nitrogens with zero attached hydrogens (tertiary/aromatic N) is 3. The molecular weight excluding hydrogens is 250 g/mol. The number of aromatic nitrogens is 3. The molecule has 4 nitrogen and oxygen atoms in total. The van der Waals surface area contributed by atoms with Crippen LogP contribution in [-0.4, -0.2) is 15.0 Å². The molecule has 1 aromatic heterocycles. The topological polar surface area (TPSA) is 39.9 Å². The zero-order valence-corrected chi connectivity index (χ0v) is 11.2. The summed E-state index contributed by atoms with van der Waals surface area (Å²) in [7, 11) is 0. The molecule has 20 heavy (non-hydrogen) atoms. The maximum Gasteiger partial charge on any atom is 0.134 e. The lowest BCUT2D eigenvalue weighted by atomic mass is 10.2. The standard InChI is InChI=1S/C16H15N3O/c1-13-7-5-6-10-16(13)19-11-14(17-18-19)12-20-15-8-3-2-4-9-15/h2-11H,12H2,1H3. The van der Waals surface area contributed by atoms with Crippen LogP contribution in [0.4, 0.5) is 0 Å². The van der Waals surface area contributed by atoms with Crippen LogP contribution in [-0.2, 0) is 6.61 Å². The number of hydrogen-bond donors (Lipinski definition) is 0. The molecule has 0 saturated carbocycles. The van der Waals surface area contributed by atoms with Gasteiger partial charge in [-0.1, -0.05) is 41.6 Å². The molecule has 0 aliphatic heterocycles. The number of benzene rings is 2. The Bertz CT molecular complexity index is 692. The van der Waals surface area contributed by atoms with Crippen molar-refractivity contribution in [3.63, 3.8) is 0 Å². The molecule has 0 bridgehead atoms. The number of rotatable bonds is 4. The molecule has 0 fully saturated rings. The minimum Gasteiger partial charge on any atom is -0.487 e. The van der Waals surface area contributed by atoms with Crippen LogP contribution in [0, 0.1) is 6.92 Å². The molecule has 4 heteroatoms. The maximum atomic E-state index is 5.66. The van der Waals surface area contributed by atoms with E-state index in [-0.39, 0.29) is 0 Å². The minimum absolute atomic E-state index is 0.413. The van der Waals surface area contributed by atoms with Crippen LogP contribution in [0.3, 0.4) is 0 Å². The highest BCUT2D eigenvalue weighted by Gasteiger charge is 2.05. The summed E-state index contributed by atoms with van der Waals surface area (Å²) in [4.78, 5) is 0. The van der Waals surface area contributed by atoms with Gasteiger partial charge in [0.25, 0.3) is 0 Å².